The maximum Gasteiger partial charge on any atom is 0.191 e. The first kappa shape index (κ1) is 9.38. The van der Waals surface area contributed by atoms with E-state index in [-0.39, 0.29) is 0 Å². The maximum absolute atomic E-state index is 12.9. The Morgan fingerprint density at radius 3 is 2.54 bits per heavy atom. The molecule has 0 aliphatic rings. The molecular formula is C9H6F2O2. The van der Waals surface area contributed by atoms with E-state index in [9.17, 15) is 13.6 Å². The highest BCUT2D eigenvalue weighted by atomic mass is 19.1. The number of hydrogen-bond acceptors (Lipinski definition) is 2. The van der Waals surface area contributed by atoms with Crippen LogP contribution in [0.1, 0.15) is 10.4 Å². The van der Waals surface area contributed by atoms with E-state index in [2.05, 4.69) is 6.58 Å². The molecule has 0 radical (unpaired) electrons. The minimum absolute atomic E-state index is 0.524. The van der Waals surface area contributed by atoms with Gasteiger partial charge in [0.1, 0.15) is 17.4 Å². The van der Waals surface area contributed by atoms with Crippen LogP contribution in [0, 0.1) is 11.6 Å². The molecule has 0 aromatic heterocycles. The second-order valence-electron chi connectivity index (χ2n) is 2.35. The average molecular weight is 184 g/mol. The van der Waals surface area contributed by atoms with Crippen molar-refractivity contribution in [2.75, 3.05) is 0 Å². The molecule has 1 aromatic carbocycles. The smallest absolute Gasteiger partial charge is 0.191 e. The van der Waals surface area contributed by atoms with Gasteiger partial charge in [-0.1, -0.05) is 6.58 Å². The van der Waals surface area contributed by atoms with Gasteiger partial charge in [-0.25, -0.2) is 8.78 Å². The van der Waals surface area contributed by atoms with E-state index < -0.39 is 28.7 Å². The van der Waals surface area contributed by atoms with Crippen molar-refractivity contribution in [3.05, 3.63) is 42.0 Å². The van der Waals surface area contributed by atoms with Gasteiger partial charge < -0.3 is 5.11 Å². The third-order valence-corrected chi connectivity index (χ3v) is 1.47. The molecule has 4 heteroatoms. The van der Waals surface area contributed by atoms with E-state index in [1.807, 2.05) is 0 Å². The van der Waals surface area contributed by atoms with Crippen molar-refractivity contribution >= 4 is 5.78 Å². The van der Waals surface area contributed by atoms with Crippen LogP contribution in [0.5, 0.6) is 5.75 Å². The fourth-order valence-electron chi connectivity index (χ4n) is 0.906. The fraction of sp³-hybridized carbons (Fsp3) is 0. The van der Waals surface area contributed by atoms with Crippen molar-refractivity contribution in [3.8, 4) is 5.75 Å². The van der Waals surface area contributed by atoms with Gasteiger partial charge in [-0.2, -0.15) is 0 Å². The molecule has 0 bridgehead atoms. The summed E-state index contributed by atoms with van der Waals surface area (Å²) in [6.45, 7) is 3.12. The van der Waals surface area contributed by atoms with Gasteiger partial charge in [0.25, 0.3) is 0 Å². The summed E-state index contributed by atoms with van der Waals surface area (Å²) in [7, 11) is 0. The zero-order valence-electron chi connectivity index (χ0n) is 6.55. The van der Waals surface area contributed by atoms with Crippen molar-refractivity contribution in [2.24, 2.45) is 0 Å². The van der Waals surface area contributed by atoms with Gasteiger partial charge in [-0.3, -0.25) is 4.79 Å². The van der Waals surface area contributed by atoms with Gasteiger partial charge in [0.05, 0.1) is 5.56 Å². The monoisotopic (exact) mass is 184 g/mol. The Morgan fingerprint density at radius 2 is 2.08 bits per heavy atom. The number of benzene rings is 1. The fourth-order valence-corrected chi connectivity index (χ4v) is 0.906. The Bertz CT molecular complexity index is 349. The normalized spacial score (nSPS) is 9.69. The first-order valence-corrected chi connectivity index (χ1v) is 3.41. The van der Waals surface area contributed by atoms with E-state index >= 15 is 0 Å². The van der Waals surface area contributed by atoms with Crippen LogP contribution in [0.15, 0.2) is 24.8 Å². The molecule has 13 heavy (non-hydrogen) atoms. The van der Waals surface area contributed by atoms with Gasteiger partial charge in [0.2, 0.25) is 0 Å². The summed E-state index contributed by atoms with van der Waals surface area (Å²) >= 11 is 0. The Morgan fingerprint density at radius 1 is 1.46 bits per heavy atom. The molecule has 0 atom stereocenters. The summed E-state index contributed by atoms with van der Waals surface area (Å²) in [6.07, 6.45) is 0.843. The quantitative estimate of drug-likeness (QED) is 0.564. The molecule has 0 fully saturated rings. The first-order chi connectivity index (χ1) is 6.06. The summed E-state index contributed by atoms with van der Waals surface area (Å²) in [5.74, 6) is -3.53. The molecule has 1 rings (SSSR count). The lowest BCUT2D eigenvalue weighted by atomic mass is 10.1. The number of halogens is 2. The highest BCUT2D eigenvalue weighted by Gasteiger charge is 2.15. The van der Waals surface area contributed by atoms with Crippen molar-refractivity contribution in [1.82, 2.24) is 0 Å². The summed E-state index contributed by atoms with van der Waals surface area (Å²) in [6, 6.07) is 1.19. The summed E-state index contributed by atoms with van der Waals surface area (Å²) in [5, 5.41) is 9.03. The maximum atomic E-state index is 12.9. The second kappa shape index (κ2) is 3.35. The lowest BCUT2D eigenvalue weighted by molar-refractivity contribution is 0.104. The van der Waals surface area contributed by atoms with E-state index in [1.54, 1.807) is 0 Å². The molecule has 0 saturated carbocycles. The molecule has 1 N–H and O–H groups in total. The van der Waals surface area contributed by atoms with Crippen LogP contribution in [-0.2, 0) is 0 Å². The van der Waals surface area contributed by atoms with Gasteiger partial charge in [0, 0.05) is 12.1 Å². The molecule has 0 amide bonds. The number of carbonyl (C=O) groups is 1. The van der Waals surface area contributed by atoms with E-state index in [4.69, 9.17) is 5.11 Å². The Balaban J connectivity index is 3.36. The number of phenols is 1. The van der Waals surface area contributed by atoms with Crippen LogP contribution in [0.25, 0.3) is 0 Å². The largest absolute Gasteiger partial charge is 0.507 e. The van der Waals surface area contributed by atoms with E-state index in [0.29, 0.717) is 12.1 Å². The molecule has 0 heterocycles. The Labute approximate surface area is 73.1 Å². The second-order valence-corrected chi connectivity index (χ2v) is 2.35. The summed E-state index contributed by atoms with van der Waals surface area (Å²) in [4.78, 5) is 10.9. The molecule has 0 aliphatic carbocycles. The Kier molecular flexibility index (Phi) is 2.41. The standard InChI is InChI=1S/C9H6F2O2/c1-2-7(12)9-6(11)3-5(10)4-8(9)13/h2-4,13H,1H2. The van der Waals surface area contributed by atoms with Crippen molar-refractivity contribution < 1.29 is 18.7 Å². The molecule has 0 saturated heterocycles. The number of rotatable bonds is 2. The van der Waals surface area contributed by atoms with Gasteiger partial charge in [-0.15, -0.1) is 0 Å². The molecule has 1 aromatic rings. The highest BCUT2D eigenvalue weighted by molar-refractivity contribution is 6.06. The van der Waals surface area contributed by atoms with Crippen LogP contribution in [0.4, 0.5) is 8.78 Å². The third kappa shape index (κ3) is 1.72. The highest BCUT2D eigenvalue weighted by Crippen LogP contribution is 2.22. The number of ketones is 1. The average Bonchev–Trinajstić information content (AvgIpc) is 2.02. The number of carbonyl (C=O) groups excluding carboxylic acids is 1. The van der Waals surface area contributed by atoms with E-state index in [1.165, 1.54) is 0 Å². The number of phenolic OH excluding ortho intramolecular Hbond substituents is 1. The van der Waals surface area contributed by atoms with Crippen LogP contribution >= 0.6 is 0 Å². The van der Waals surface area contributed by atoms with E-state index in [0.717, 1.165) is 6.08 Å². The summed E-state index contributed by atoms with van der Waals surface area (Å²) in [5.41, 5.74) is -0.559. The lowest BCUT2D eigenvalue weighted by Crippen LogP contribution is -1.99. The molecule has 68 valence electrons. The topological polar surface area (TPSA) is 37.3 Å². The molecule has 0 aliphatic heterocycles. The lowest BCUT2D eigenvalue weighted by Gasteiger charge is -2.01. The van der Waals surface area contributed by atoms with Gasteiger partial charge >= 0.3 is 0 Å². The SMILES string of the molecule is C=CC(=O)c1c(O)cc(F)cc1F. The number of allylic oxidation sites excluding steroid dienone is 1. The predicted molar refractivity (Wildman–Crippen MR) is 42.6 cm³/mol. The van der Waals surface area contributed by atoms with Gasteiger partial charge in [0.15, 0.2) is 5.78 Å². The van der Waals surface area contributed by atoms with Crippen molar-refractivity contribution in [1.29, 1.82) is 0 Å². The molecule has 2 nitrogen and oxygen atoms in total. The minimum Gasteiger partial charge on any atom is -0.507 e. The van der Waals surface area contributed by atoms with Crippen LogP contribution in [0.2, 0.25) is 0 Å². The zero-order chi connectivity index (χ0) is 10.0. The van der Waals surface area contributed by atoms with Gasteiger partial charge in [-0.05, 0) is 6.08 Å². The third-order valence-electron chi connectivity index (χ3n) is 1.47. The molecular weight excluding hydrogens is 178 g/mol. The number of aromatic hydroxyl groups is 1. The first-order valence-electron chi connectivity index (χ1n) is 3.41. The minimum atomic E-state index is -1.10. The predicted octanol–water partition coefficient (Wildman–Crippen LogP) is 2.04. The zero-order valence-corrected chi connectivity index (χ0v) is 6.55. The number of hydrogen-bond donors (Lipinski definition) is 1. The summed E-state index contributed by atoms with van der Waals surface area (Å²) < 4.78 is 25.3. The van der Waals surface area contributed by atoms with Crippen molar-refractivity contribution in [3.63, 3.8) is 0 Å². The molecule has 0 spiro atoms. The van der Waals surface area contributed by atoms with Crippen molar-refractivity contribution in [2.45, 2.75) is 0 Å². The van der Waals surface area contributed by atoms with Crippen LogP contribution in [0.3, 0.4) is 0 Å². The molecule has 0 unspecified atom stereocenters. The van der Waals surface area contributed by atoms with Crippen LogP contribution < -0.4 is 0 Å². The Hall–Kier alpha value is -1.71. The van der Waals surface area contributed by atoms with Crippen LogP contribution in [-0.4, -0.2) is 10.9 Å².